The van der Waals surface area contributed by atoms with E-state index in [2.05, 4.69) is 0 Å². The van der Waals surface area contributed by atoms with Gasteiger partial charge in [-0.15, -0.1) is 0 Å². The molecule has 0 saturated carbocycles. The molecule has 0 bridgehead atoms. The van der Waals surface area contributed by atoms with Crippen molar-refractivity contribution >= 4 is 11.9 Å². The summed E-state index contributed by atoms with van der Waals surface area (Å²) in [7, 11) is 0. The molecule has 7 heteroatoms. The van der Waals surface area contributed by atoms with Gasteiger partial charge in [0.1, 0.15) is 0 Å². The number of carboxylic acids is 1. The Hall–Kier alpha value is -2.83. The van der Waals surface area contributed by atoms with Crippen molar-refractivity contribution in [2.75, 3.05) is 13.1 Å². The van der Waals surface area contributed by atoms with Gasteiger partial charge < -0.3 is 10.0 Å². The molecular formula is C18H14F3NO3. The lowest BCUT2D eigenvalue weighted by Crippen LogP contribution is -2.29. The topological polar surface area (TPSA) is 57.6 Å². The average Bonchev–Trinajstić information content (AvgIpc) is 3.09. The van der Waals surface area contributed by atoms with Crippen LogP contribution in [0.25, 0.3) is 11.1 Å². The van der Waals surface area contributed by atoms with E-state index < -0.39 is 29.3 Å². The number of hydrogen-bond acceptors (Lipinski definition) is 2. The molecule has 1 aliphatic heterocycles. The molecule has 2 aromatic carbocycles. The highest BCUT2D eigenvalue weighted by molar-refractivity contribution is 5.95. The Morgan fingerprint density at radius 3 is 2.12 bits per heavy atom. The number of nitrogens with zero attached hydrogens (tertiary/aromatic N) is 1. The number of rotatable bonds is 3. The average molecular weight is 349 g/mol. The highest BCUT2D eigenvalue weighted by Gasteiger charge is 2.31. The van der Waals surface area contributed by atoms with Gasteiger partial charge >= 0.3 is 5.97 Å². The molecule has 1 heterocycles. The highest BCUT2D eigenvalue weighted by Crippen LogP contribution is 2.25. The third-order valence-corrected chi connectivity index (χ3v) is 4.27. The number of carboxylic acid groups (broad SMARTS) is 1. The van der Waals surface area contributed by atoms with Gasteiger partial charge in [-0.05, 0) is 41.8 Å². The molecule has 0 unspecified atom stereocenters. The first-order valence-corrected chi connectivity index (χ1v) is 7.64. The molecule has 1 atom stereocenters. The molecule has 1 N–H and O–H groups in total. The van der Waals surface area contributed by atoms with Crippen LogP contribution in [0.3, 0.4) is 0 Å². The van der Waals surface area contributed by atoms with Gasteiger partial charge in [0.25, 0.3) is 5.91 Å². The Labute approximate surface area is 141 Å². The predicted octanol–water partition coefficient (Wildman–Crippen LogP) is 3.32. The molecule has 0 aromatic heterocycles. The van der Waals surface area contributed by atoms with Crippen molar-refractivity contribution < 1.29 is 27.9 Å². The normalized spacial score (nSPS) is 16.9. The minimum atomic E-state index is -1.53. The maximum absolute atomic E-state index is 13.3. The number of amides is 1. The van der Waals surface area contributed by atoms with Gasteiger partial charge in [0.15, 0.2) is 17.5 Å². The molecule has 0 radical (unpaired) electrons. The van der Waals surface area contributed by atoms with Crippen LogP contribution in [0.2, 0.25) is 0 Å². The SMILES string of the molecule is O=C(O)[C@H]1CCN(C(=O)c2ccc(-c3cc(F)c(F)c(F)c3)cc2)C1. The smallest absolute Gasteiger partial charge is 0.308 e. The van der Waals surface area contributed by atoms with Gasteiger partial charge in [0.05, 0.1) is 5.92 Å². The van der Waals surface area contributed by atoms with Crippen molar-refractivity contribution in [3.8, 4) is 11.1 Å². The van der Waals surface area contributed by atoms with Crippen LogP contribution in [0.4, 0.5) is 13.2 Å². The molecule has 0 aliphatic carbocycles. The quantitative estimate of drug-likeness (QED) is 0.865. The third-order valence-electron chi connectivity index (χ3n) is 4.27. The summed E-state index contributed by atoms with van der Waals surface area (Å²) >= 11 is 0. The minimum Gasteiger partial charge on any atom is -0.481 e. The molecule has 1 saturated heterocycles. The summed E-state index contributed by atoms with van der Waals surface area (Å²) in [5.41, 5.74) is 0.930. The number of carbonyl (C=O) groups excluding carboxylic acids is 1. The van der Waals surface area contributed by atoms with E-state index >= 15 is 0 Å². The van der Waals surface area contributed by atoms with E-state index in [1.165, 1.54) is 29.2 Å². The molecular weight excluding hydrogens is 335 g/mol. The number of halogens is 3. The summed E-state index contributed by atoms with van der Waals surface area (Å²) in [6, 6.07) is 7.75. The fourth-order valence-electron chi connectivity index (χ4n) is 2.86. The summed E-state index contributed by atoms with van der Waals surface area (Å²) in [6.45, 7) is 0.524. The van der Waals surface area contributed by atoms with E-state index in [4.69, 9.17) is 5.11 Å². The molecule has 4 nitrogen and oxygen atoms in total. The summed E-state index contributed by atoms with van der Waals surface area (Å²) in [4.78, 5) is 24.8. The van der Waals surface area contributed by atoms with E-state index in [1.807, 2.05) is 0 Å². The van der Waals surface area contributed by atoms with Gasteiger partial charge in [0.2, 0.25) is 0 Å². The van der Waals surface area contributed by atoms with Crippen LogP contribution in [-0.2, 0) is 4.79 Å². The van der Waals surface area contributed by atoms with Crippen LogP contribution in [-0.4, -0.2) is 35.0 Å². The molecule has 1 fully saturated rings. The van der Waals surface area contributed by atoms with E-state index in [1.54, 1.807) is 0 Å². The lowest BCUT2D eigenvalue weighted by Gasteiger charge is -2.16. The fraction of sp³-hybridized carbons (Fsp3) is 0.222. The largest absolute Gasteiger partial charge is 0.481 e. The third kappa shape index (κ3) is 3.35. The number of aliphatic carboxylic acids is 1. The maximum Gasteiger partial charge on any atom is 0.308 e. The Balaban J connectivity index is 1.79. The molecule has 130 valence electrons. The summed E-state index contributed by atoms with van der Waals surface area (Å²) in [5, 5.41) is 8.98. The fourth-order valence-corrected chi connectivity index (χ4v) is 2.86. The second kappa shape index (κ2) is 6.58. The van der Waals surface area contributed by atoms with Crippen molar-refractivity contribution in [1.82, 2.24) is 4.90 Å². The molecule has 1 amide bonds. The predicted molar refractivity (Wildman–Crippen MR) is 83.4 cm³/mol. The number of benzene rings is 2. The number of hydrogen-bond donors (Lipinski definition) is 1. The minimum absolute atomic E-state index is 0.155. The van der Waals surface area contributed by atoms with Crippen molar-refractivity contribution in [2.45, 2.75) is 6.42 Å². The Morgan fingerprint density at radius 1 is 1.00 bits per heavy atom. The van der Waals surface area contributed by atoms with Crippen molar-refractivity contribution in [3.05, 3.63) is 59.4 Å². The van der Waals surface area contributed by atoms with E-state index in [-0.39, 0.29) is 18.0 Å². The van der Waals surface area contributed by atoms with Crippen LogP contribution in [0, 0.1) is 23.4 Å². The van der Waals surface area contributed by atoms with Gasteiger partial charge in [0, 0.05) is 18.7 Å². The van der Waals surface area contributed by atoms with E-state index in [9.17, 15) is 22.8 Å². The molecule has 3 rings (SSSR count). The summed E-state index contributed by atoms with van der Waals surface area (Å²) in [5.74, 6) is -5.89. The molecule has 25 heavy (non-hydrogen) atoms. The molecule has 0 spiro atoms. The Morgan fingerprint density at radius 2 is 1.60 bits per heavy atom. The standard InChI is InChI=1S/C18H14F3NO3/c19-14-7-13(8-15(20)16(14)21)10-1-3-11(4-2-10)17(23)22-6-5-12(9-22)18(24)25/h1-4,7-8,12H,5-6,9H2,(H,24,25)/t12-/m0/s1. The van der Waals surface area contributed by atoms with Crippen LogP contribution in [0.1, 0.15) is 16.8 Å². The number of carbonyl (C=O) groups is 2. The van der Waals surface area contributed by atoms with Gasteiger partial charge in [-0.25, -0.2) is 13.2 Å². The van der Waals surface area contributed by atoms with Crippen LogP contribution in [0.15, 0.2) is 36.4 Å². The van der Waals surface area contributed by atoms with Crippen molar-refractivity contribution in [1.29, 1.82) is 0 Å². The highest BCUT2D eigenvalue weighted by atomic mass is 19.2. The van der Waals surface area contributed by atoms with Gasteiger partial charge in [-0.1, -0.05) is 12.1 Å². The summed E-state index contributed by atoms with van der Waals surface area (Å²) in [6.07, 6.45) is 0.410. The molecule has 1 aliphatic rings. The van der Waals surface area contributed by atoms with E-state index in [0.29, 0.717) is 24.1 Å². The molecule has 2 aromatic rings. The Bertz CT molecular complexity index is 813. The number of likely N-dealkylation sites (tertiary alicyclic amines) is 1. The second-order valence-corrected chi connectivity index (χ2v) is 5.91. The van der Waals surface area contributed by atoms with Crippen molar-refractivity contribution in [3.63, 3.8) is 0 Å². The van der Waals surface area contributed by atoms with Crippen molar-refractivity contribution in [2.24, 2.45) is 5.92 Å². The van der Waals surface area contributed by atoms with Gasteiger partial charge in [-0.3, -0.25) is 9.59 Å². The first kappa shape index (κ1) is 17.0. The Kier molecular flexibility index (Phi) is 4.48. The lowest BCUT2D eigenvalue weighted by atomic mass is 10.0. The second-order valence-electron chi connectivity index (χ2n) is 5.91. The maximum atomic E-state index is 13.3. The lowest BCUT2D eigenvalue weighted by molar-refractivity contribution is -0.141. The first-order valence-electron chi connectivity index (χ1n) is 7.64. The first-order chi connectivity index (χ1) is 11.9. The van der Waals surface area contributed by atoms with Crippen LogP contribution < -0.4 is 0 Å². The van der Waals surface area contributed by atoms with Crippen LogP contribution >= 0.6 is 0 Å². The van der Waals surface area contributed by atoms with E-state index in [0.717, 1.165) is 12.1 Å². The zero-order valence-corrected chi connectivity index (χ0v) is 13.0. The van der Waals surface area contributed by atoms with Crippen LogP contribution in [0.5, 0.6) is 0 Å². The summed E-state index contributed by atoms with van der Waals surface area (Å²) < 4.78 is 39.6. The zero-order valence-electron chi connectivity index (χ0n) is 13.0. The zero-order chi connectivity index (χ0) is 18.1. The van der Waals surface area contributed by atoms with Gasteiger partial charge in [-0.2, -0.15) is 0 Å². The monoisotopic (exact) mass is 349 g/mol.